The van der Waals surface area contributed by atoms with E-state index < -0.39 is 0 Å². The molecule has 0 spiro atoms. The Balaban J connectivity index is 1.94. The van der Waals surface area contributed by atoms with E-state index in [0.29, 0.717) is 27.5 Å². The smallest absolute Gasteiger partial charge is 0.252 e. The van der Waals surface area contributed by atoms with Crippen LogP contribution in [0.2, 0.25) is 5.02 Å². The lowest BCUT2D eigenvalue weighted by Gasteiger charge is -2.12. The second-order valence-corrected chi connectivity index (χ2v) is 5.88. The van der Waals surface area contributed by atoms with E-state index in [1.165, 1.54) is 0 Å². The molecular formula is C13H15BrClNO2. The Labute approximate surface area is 120 Å². The minimum atomic E-state index is -0.207. The van der Waals surface area contributed by atoms with E-state index in [1.54, 1.807) is 18.2 Å². The van der Waals surface area contributed by atoms with Crippen molar-refractivity contribution in [3.63, 3.8) is 0 Å². The van der Waals surface area contributed by atoms with Crippen LogP contribution in [0, 0.1) is 5.92 Å². The predicted molar refractivity (Wildman–Crippen MR) is 74.8 cm³/mol. The number of halogens is 2. The van der Waals surface area contributed by atoms with Gasteiger partial charge in [-0.2, -0.15) is 0 Å². The summed E-state index contributed by atoms with van der Waals surface area (Å²) < 4.78 is 0.716. The highest BCUT2D eigenvalue weighted by atomic mass is 79.9. The van der Waals surface area contributed by atoms with Gasteiger partial charge < -0.3 is 10.4 Å². The monoisotopic (exact) mass is 331 g/mol. The van der Waals surface area contributed by atoms with Gasteiger partial charge in [0.05, 0.1) is 16.7 Å². The van der Waals surface area contributed by atoms with Gasteiger partial charge in [0, 0.05) is 11.0 Å². The highest BCUT2D eigenvalue weighted by molar-refractivity contribution is 9.10. The normalized spacial score (nSPS) is 23.1. The molecule has 18 heavy (non-hydrogen) atoms. The van der Waals surface area contributed by atoms with E-state index in [2.05, 4.69) is 21.2 Å². The SMILES string of the molecule is O=C(NCC1CCC(O)C1)c1cccc(Br)c1Cl. The van der Waals surface area contributed by atoms with Crippen molar-refractivity contribution in [3.8, 4) is 0 Å². The second-order valence-electron chi connectivity index (χ2n) is 4.64. The van der Waals surface area contributed by atoms with Crippen LogP contribution in [0.1, 0.15) is 29.6 Å². The van der Waals surface area contributed by atoms with Gasteiger partial charge >= 0.3 is 0 Å². The molecule has 0 heterocycles. The molecule has 0 radical (unpaired) electrons. The number of carbonyl (C=O) groups is 1. The van der Waals surface area contributed by atoms with Crippen LogP contribution >= 0.6 is 27.5 Å². The minimum Gasteiger partial charge on any atom is -0.393 e. The third-order valence-electron chi connectivity index (χ3n) is 3.26. The van der Waals surface area contributed by atoms with Crippen LogP contribution in [0.5, 0.6) is 0 Å². The molecule has 1 fully saturated rings. The highest BCUT2D eigenvalue weighted by Crippen LogP contribution is 2.27. The predicted octanol–water partition coefficient (Wildman–Crippen LogP) is 2.99. The van der Waals surface area contributed by atoms with E-state index in [0.717, 1.165) is 19.3 Å². The molecule has 3 nitrogen and oxygen atoms in total. The first-order valence-corrected chi connectivity index (χ1v) is 7.15. The number of aliphatic hydroxyl groups is 1. The summed E-state index contributed by atoms with van der Waals surface area (Å²) in [4.78, 5) is 12.0. The van der Waals surface area contributed by atoms with E-state index in [-0.39, 0.29) is 12.0 Å². The first-order valence-electron chi connectivity index (χ1n) is 5.98. The van der Waals surface area contributed by atoms with Gasteiger partial charge in [0.2, 0.25) is 0 Å². The summed E-state index contributed by atoms with van der Waals surface area (Å²) in [5.74, 6) is 0.206. The first-order chi connectivity index (χ1) is 8.58. The van der Waals surface area contributed by atoms with Gasteiger partial charge in [-0.15, -0.1) is 0 Å². The third-order valence-corrected chi connectivity index (χ3v) is 4.56. The van der Waals surface area contributed by atoms with Gasteiger partial charge in [-0.3, -0.25) is 4.79 Å². The number of carbonyl (C=O) groups excluding carboxylic acids is 1. The van der Waals surface area contributed by atoms with Crippen LogP contribution in [-0.2, 0) is 0 Å². The van der Waals surface area contributed by atoms with Crippen LogP contribution in [0.3, 0.4) is 0 Å². The summed E-state index contributed by atoms with van der Waals surface area (Å²) in [7, 11) is 0. The summed E-state index contributed by atoms with van der Waals surface area (Å²) in [6.45, 7) is 0.596. The van der Waals surface area contributed by atoms with Gasteiger partial charge in [0.15, 0.2) is 0 Å². The molecule has 1 aromatic rings. The molecule has 1 aliphatic rings. The van der Waals surface area contributed by atoms with Crippen LogP contribution < -0.4 is 5.32 Å². The van der Waals surface area contributed by atoms with Crippen molar-refractivity contribution < 1.29 is 9.90 Å². The minimum absolute atomic E-state index is 0.164. The maximum atomic E-state index is 12.0. The van der Waals surface area contributed by atoms with Gasteiger partial charge in [0.1, 0.15) is 0 Å². The van der Waals surface area contributed by atoms with Gasteiger partial charge in [0.25, 0.3) is 5.91 Å². The zero-order chi connectivity index (χ0) is 13.1. The number of benzene rings is 1. The molecule has 0 bridgehead atoms. The standard InChI is InChI=1S/C13H15BrClNO2/c14-11-3-1-2-10(12(11)15)13(18)16-7-8-4-5-9(17)6-8/h1-3,8-9,17H,4-7H2,(H,16,18). The van der Waals surface area contributed by atoms with Crippen LogP contribution in [0.25, 0.3) is 0 Å². The van der Waals surface area contributed by atoms with Gasteiger partial charge in [-0.1, -0.05) is 17.7 Å². The molecule has 0 saturated heterocycles. The third kappa shape index (κ3) is 3.25. The summed E-state index contributed by atoms with van der Waals surface area (Å²) in [6, 6.07) is 5.28. The lowest BCUT2D eigenvalue weighted by Crippen LogP contribution is -2.28. The molecule has 0 aromatic heterocycles. The van der Waals surface area contributed by atoms with Crippen molar-refractivity contribution in [2.24, 2.45) is 5.92 Å². The van der Waals surface area contributed by atoms with Crippen molar-refractivity contribution >= 4 is 33.4 Å². The van der Waals surface area contributed by atoms with Crippen molar-refractivity contribution in [3.05, 3.63) is 33.3 Å². The Morgan fingerprint density at radius 2 is 2.28 bits per heavy atom. The zero-order valence-electron chi connectivity index (χ0n) is 9.83. The Hall–Kier alpha value is -0.580. The van der Waals surface area contributed by atoms with E-state index in [4.69, 9.17) is 11.6 Å². The maximum Gasteiger partial charge on any atom is 0.252 e. The maximum absolute atomic E-state index is 12.0. The fraction of sp³-hybridized carbons (Fsp3) is 0.462. The molecular weight excluding hydrogens is 318 g/mol. The molecule has 2 atom stereocenters. The van der Waals surface area contributed by atoms with Gasteiger partial charge in [-0.05, 0) is 53.2 Å². The number of nitrogens with one attached hydrogen (secondary N) is 1. The average molecular weight is 333 g/mol. The number of hydrogen-bond donors (Lipinski definition) is 2. The van der Waals surface area contributed by atoms with Crippen molar-refractivity contribution in [1.29, 1.82) is 0 Å². The van der Waals surface area contributed by atoms with Gasteiger partial charge in [-0.25, -0.2) is 0 Å². The van der Waals surface area contributed by atoms with Crippen LogP contribution in [-0.4, -0.2) is 23.7 Å². The molecule has 2 unspecified atom stereocenters. The number of hydrogen-bond acceptors (Lipinski definition) is 2. The average Bonchev–Trinajstić information content (AvgIpc) is 2.76. The molecule has 1 amide bonds. The molecule has 5 heteroatoms. The lowest BCUT2D eigenvalue weighted by molar-refractivity contribution is 0.0945. The largest absolute Gasteiger partial charge is 0.393 e. The summed E-state index contributed by atoms with van der Waals surface area (Å²) in [5, 5.41) is 12.7. The Bertz CT molecular complexity index is 453. The van der Waals surface area contributed by atoms with Crippen molar-refractivity contribution in [1.82, 2.24) is 5.32 Å². The summed E-state index contributed by atoms with van der Waals surface area (Å²) in [6.07, 6.45) is 2.36. The molecule has 2 N–H and O–H groups in total. The van der Waals surface area contributed by atoms with Crippen molar-refractivity contribution in [2.45, 2.75) is 25.4 Å². The van der Waals surface area contributed by atoms with E-state index in [1.807, 2.05) is 0 Å². The van der Waals surface area contributed by atoms with Crippen LogP contribution in [0.4, 0.5) is 0 Å². The Morgan fingerprint density at radius 3 is 2.94 bits per heavy atom. The van der Waals surface area contributed by atoms with E-state index >= 15 is 0 Å². The number of amides is 1. The fourth-order valence-electron chi connectivity index (χ4n) is 2.25. The summed E-state index contributed by atoms with van der Waals surface area (Å²) >= 11 is 9.35. The second kappa shape index (κ2) is 6.04. The Morgan fingerprint density at radius 1 is 1.50 bits per heavy atom. The van der Waals surface area contributed by atoms with Crippen molar-refractivity contribution in [2.75, 3.05) is 6.54 Å². The topological polar surface area (TPSA) is 49.3 Å². The fourth-order valence-corrected chi connectivity index (χ4v) is 2.82. The molecule has 0 aliphatic heterocycles. The molecule has 2 rings (SSSR count). The molecule has 1 aromatic carbocycles. The zero-order valence-corrected chi connectivity index (χ0v) is 12.2. The molecule has 1 aliphatic carbocycles. The molecule has 98 valence electrons. The van der Waals surface area contributed by atoms with E-state index in [9.17, 15) is 9.90 Å². The highest BCUT2D eigenvalue weighted by Gasteiger charge is 2.23. The summed E-state index contributed by atoms with van der Waals surface area (Å²) in [5.41, 5.74) is 0.476. The quantitative estimate of drug-likeness (QED) is 0.894. The van der Waals surface area contributed by atoms with Crippen LogP contribution in [0.15, 0.2) is 22.7 Å². The molecule has 1 saturated carbocycles. The first kappa shape index (κ1) is 13.8. The Kier molecular flexibility index (Phi) is 4.65. The number of aliphatic hydroxyl groups excluding tert-OH is 1. The number of rotatable bonds is 3. The lowest BCUT2D eigenvalue weighted by atomic mass is 10.1.